The molecule has 1 saturated heterocycles. The van der Waals surface area contributed by atoms with Crippen LogP contribution in [0.25, 0.3) is 6.08 Å². The topological polar surface area (TPSA) is 66.8 Å². The van der Waals surface area contributed by atoms with Crippen molar-refractivity contribution in [3.63, 3.8) is 0 Å². The van der Waals surface area contributed by atoms with Gasteiger partial charge in [-0.25, -0.2) is 4.79 Å². The first-order valence-corrected chi connectivity index (χ1v) is 9.63. The number of nitrogens with zero attached hydrogens (tertiary/aromatic N) is 1. The number of carbonyl (C=O) groups is 2. The van der Waals surface area contributed by atoms with E-state index in [2.05, 4.69) is 12.2 Å². The minimum Gasteiger partial charge on any atom is -0.482 e. The molecule has 144 valence electrons. The third kappa shape index (κ3) is 3.65. The summed E-state index contributed by atoms with van der Waals surface area (Å²) < 4.78 is 6.27. The maximum Gasteiger partial charge on any atom is 0.335 e. The number of likely N-dealkylation sites (tertiary alicyclic amines) is 1. The van der Waals surface area contributed by atoms with Gasteiger partial charge in [0, 0.05) is 37.9 Å². The number of carboxylic acid groups (broad SMARTS) is 1. The van der Waals surface area contributed by atoms with Crippen molar-refractivity contribution in [2.45, 2.75) is 31.3 Å². The van der Waals surface area contributed by atoms with Gasteiger partial charge in [0.15, 0.2) is 0 Å². The summed E-state index contributed by atoms with van der Waals surface area (Å²) in [4.78, 5) is 25.8. The lowest BCUT2D eigenvalue weighted by atomic mass is 9.88. The van der Waals surface area contributed by atoms with Crippen LogP contribution in [0.3, 0.4) is 0 Å². The average molecular weight is 377 g/mol. The van der Waals surface area contributed by atoms with E-state index in [4.69, 9.17) is 4.74 Å². The summed E-state index contributed by atoms with van der Waals surface area (Å²) in [6, 6.07) is 14.9. The lowest BCUT2D eigenvalue weighted by Crippen LogP contribution is -2.49. The van der Waals surface area contributed by atoms with Gasteiger partial charge in [-0.3, -0.25) is 4.79 Å². The predicted molar refractivity (Wildman–Crippen MR) is 106 cm³/mol. The zero-order chi connectivity index (χ0) is 19.6. The van der Waals surface area contributed by atoms with Crippen molar-refractivity contribution < 1.29 is 19.4 Å². The van der Waals surface area contributed by atoms with Gasteiger partial charge >= 0.3 is 5.97 Å². The van der Waals surface area contributed by atoms with Crippen LogP contribution in [0.1, 0.15) is 40.7 Å². The Morgan fingerprint density at radius 2 is 1.75 bits per heavy atom. The molecule has 1 N–H and O–H groups in total. The predicted octanol–water partition coefficient (Wildman–Crippen LogP) is 3.78. The van der Waals surface area contributed by atoms with Crippen LogP contribution in [0, 0.1) is 0 Å². The highest BCUT2D eigenvalue weighted by Gasteiger charge is 2.37. The Balaban J connectivity index is 1.35. The number of carbonyl (C=O) groups excluding carboxylic acids is 1. The summed E-state index contributed by atoms with van der Waals surface area (Å²) in [5, 5.41) is 9.27. The molecule has 28 heavy (non-hydrogen) atoms. The van der Waals surface area contributed by atoms with Gasteiger partial charge in [0.2, 0.25) is 5.91 Å². The fourth-order valence-electron chi connectivity index (χ4n) is 3.96. The van der Waals surface area contributed by atoms with E-state index < -0.39 is 5.97 Å². The van der Waals surface area contributed by atoms with Gasteiger partial charge in [-0.05, 0) is 30.2 Å². The SMILES string of the molecule is O=C(O)c1ccccc1CCC(=O)N1CCC2(C=Cc3ccccc3O2)CC1. The average Bonchev–Trinajstić information content (AvgIpc) is 2.72. The van der Waals surface area contributed by atoms with Crippen LogP contribution >= 0.6 is 0 Å². The third-order valence-corrected chi connectivity index (χ3v) is 5.62. The third-order valence-electron chi connectivity index (χ3n) is 5.62. The highest BCUT2D eigenvalue weighted by molar-refractivity contribution is 5.89. The summed E-state index contributed by atoms with van der Waals surface area (Å²) in [5.74, 6) is 0.00904. The standard InChI is InChI=1S/C23H23NO4/c25-21(10-9-17-5-1-3-7-19(17)22(26)27)24-15-13-23(14-16-24)12-11-18-6-2-4-8-20(18)28-23/h1-8,11-12H,9-10,13-16H2,(H,26,27). The summed E-state index contributed by atoms with van der Waals surface area (Å²) >= 11 is 0. The maximum absolute atomic E-state index is 12.6. The van der Waals surface area contributed by atoms with Crippen LogP contribution < -0.4 is 4.74 Å². The molecule has 0 atom stereocenters. The second-order valence-corrected chi connectivity index (χ2v) is 7.38. The number of aryl methyl sites for hydroxylation is 1. The number of ether oxygens (including phenoxy) is 1. The Hall–Kier alpha value is -3.08. The molecule has 0 radical (unpaired) electrons. The number of hydrogen-bond acceptors (Lipinski definition) is 3. The van der Waals surface area contributed by atoms with Gasteiger partial charge in [-0.1, -0.05) is 42.5 Å². The number of para-hydroxylation sites is 1. The zero-order valence-electron chi connectivity index (χ0n) is 15.6. The van der Waals surface area contributed by atoms with Crippen molar-refractivity contribution in [3.8, 4) is 5.75 Å². The van der Waals surface area contributed by atoms with Gasteiger partial charge in [-0.15, -0.1) is 0 Å². The molecule has 0 aliphatic carbocycles. The smallest absolute Gasteiger partial charge is 0.335 e. The number of carboxylic acids is 1. The van der Waals surface area contributed by atoms with E-state index >= 15 is 0 Å². The summed E-state index contributed by atoms with van der Waals surface area (Å²) in [5.41, 5.74) is 1.73. The Labute approximate surface area is 164 Å². The van der Waals surface area contributed by atoms with Gasteiger partial charge in [0.05, 0.1) is 5.56 Å². The van der Waals surface area contributed by atoms with Crippen molar-refractivity contribution in [1.29, 1.82) is 0 Å². The van der Waals surface area contributed by atoms with Crippen LogP contribution in [0.5, 0.6) is 5.75 Å². The molecule has 1 spiro atoms. The van der Waals surface area contributed by atoms with Crippen molar-refractivity contribution in [2.24, 2.45) is 0 Å². The lowest BCUT2D eigenvalue weighted by molar-refractivity contribution is -0.133. The number of piperidine rings is 1. The van der Waals surface area contributed by atoms with Crippen LogP contribution in [-0.4, -0.2) is 40.6 Å². The molecular weight excluding hydrogens is 354 g/mol. The summed E-state index contributed by atoms with van der Waals surface area (Å²) in [7, 11) is 0. The Kier molecular flexibility index (Phi) is 4.90. The second-order valence-electron chi connectivity index (χ2n) is 7.38. The fourth-order valence-corrected chi connectivity index (χ4v) is 3.96. The van der Waals surface area contributed by atoms with E-state index in [1.165, 1.54) is 0 Å². The largest absolute Gasteiger partial charge is 0.482 e. The maximum atomic E-state index is 12.6. The summed E-state index contributed by atoms with van der Waals surface area (Å²) in [6.45, 7) is 1.29. The first kappa shape index (κ1) is 18.3. The number of benzene rings is 2. The van der Waals surface area contributed by atoms with Gasteiger partial charge in [0.25, 0.3) is 0 Å². The summed E-state index contributed by atoms with van der Waals surface area (Å²) in [6.07, 6.45) is 6.51. The van der Waals surface area contributed by atoms with Crippen LogP contribution in [-0.2, 0) is 11.2 Å². The molecule has 0 saturated carbocycles. The Bertz CT molecular complexity index is 926. The molecule has 5 nitrogen and oxygen atoms in total. The lowest BCUT2D eigenvalue weighted by Gasteiger charge is -2.42. The first-order chi connectivity index (χ1) is 13.6. The molecule has 2 aliphatic heterocycles. The van der Waals surface area contributed by atoms with Crippen molar-refractivity contribution in [1.82, 2.24) is 4.90 Å². The van der Waals surface area contributed by atoms with E-state index in [1.54, 1.807) is 18.2 Å². The highest BCUT2D eigenvalue weighted by Crippen LogP contribution is 2.37. The molecular formula is C23H23NO4. The number of aromatic carboxylic acids is 1. The van der Waals surface area contributed by atoms with E-state index in [9.17, 15) is 14.7 Å². The molecule has 2 heterocycles. The second kappa shape index (κ2) is 7.50. The molecule has 2 aromatic carbocycles. The molecule has 1 fully saturated rings. The Morgan fingerprint density at radius 1 is 1.04 bits per heavy atom. The molecule has 0 bridgehead atoms. The Morgan fingerprint density at radius 3 is 2.54 bits per heavy atom. The minimum absolute atomic E-state index is 0.0650. The van der Waals surface area contributed by atoms with Gasteiger partial charge < -0.3 is 14.7 Å². The molecule has 1 amide bonds. The van der Waals surface area contributed by atoms with Gasteiger partial charge in [0.1, 0.15) is 11.4 Å². The van der Waals surface area contributed by atoms with Crippen molar-refractivity contribution in [3.05, 3.63) is 71.3 Å². The number of fused-ring (bicyclic) bond motifs is 1. The number of amides is 1. The van der Waals surface area contributed by atoms with E-state index in [0.717, 1.165) is 24.2 Å². The molecule has 5 heteroatoms. The monoisotopic (exact) mass is 377 g/mol. The zero-order valence-corrected chi connectivity index (χ0v) is 15.6. The quantitative estimate of drug-likeness (QED) is 0.880. The molecule has 4 rings (SSSR count). The number of rotatable bonds is 4. The van der Waals surface area contributed by atoms with E-state index in [-0.39, 0.29) is 17.1 Å². The molecule has 2 aromatic rings. The van der Waals surface area contributed by atoms with Crippen LogP contribution in [0.15, 0.2) is 54.6 Å². The van der Waals surface area contributed by atoms with Crippen LogP contribution in [0.2, 0.25) is 0 Å². The fraction of sp³-hybridized carbons (Fsp3) is 0.304. The molecule has 0 unspecified atom stereocenters. The van der Waals surface area contributed by atoms with Crippen LogP contribution in [0.4, 0.5) is 0 Å². The molecule has 2 aliphatic rings. The number of hydrogen-bond donors (Lipinski definition) is 1. The molecule has 0 aromatic heterocycles. The van der Waals surface area contributed by atoms with Crippen molar-refractivity contribution in [2.75, 3.05) is 13.1 Å². The highest BCUT2D eigenvalue weighted by atomic mass is 16.5. The van der Waals surface area contributed by atoms with Crippen molar-refractivity contribution >= 4 is 18.0 Å². The van der Waals surface area contributed by atoms with E-state index in [1.807, 2.05) is 35.2 Å². The first-order valence-electron chi connectivity index (χ1n) is 9.63. The normalized spacial score (nSPS) is 17.1. The van der Waals surface area contributed by atoms with E-state index in [0.29, 0.717) is 31.5 Å². The van der Waals surface area contributed by atoms with Gasteiger partial charge in [-0.2, -0.15) is 0 Å². The minimum atomic E-state index is -0.954.